The second-order valence-corrected chi connectivity index (χ2v) is 11.6. The Morgan fingerprint density at radius 2 is 1.56 bits per heavy atom. The minimum absolute atomic E-state index is 0.0627. The summed E-state index contributed by atoms with van der Waals surface area (Å²) in [5, 5.41) is 3.17. The SMILES string of the molecule is Cc1cccc(NS(=O)(=O)c2ccc(C(=O)NCC3(N4CCCCC4)CCCCC3)cc2)c1C. The highest BCUT2D eigenvalue weighted by molar-refractivity contribution is 7.92. The van der Waals surface area contributed by atoms with Crippen LogP contribution < -0.4 is 10.0 Å². The molecule has 2 aliphatic rings. The van der Waals surface area contributed by atoms with Crippen LogP contribution in [0, 0.1) is 13.8 Å². The fourth-order valence-electron chi connectivity index (χ4n) is 5.38. The minimum atomic E-state index is -3.74. The lowest BCUT2D eigenvalue weighted by Crippen LogP contribution is -2.58. The Bertz CT molecular complexity index is 1100. The maximum Gasteiger partial charge on any atom is 0.261 e. The summed E-state index contributed by atoms with van der Waals surface area (Å²) in [6.07, 6.45) is 9.74. The Labute approximate surface area is 204 Å². The van der Waals surface area contributed by atoms with Crippen molar-refractivity contribution in [1.82, 2.24) is 10.2 Å². The molecule has 0 atom stereocenters. The number of nitrogens with zero attached hydrogens (tertiary/aromatic N) is 1. The summed E-state index contributed by atoms with van der Waals surface area (Å²) < 4.78 is 28.4. The Morgan fingerprint density at radius 3 is 2.24 bits per heavy atom. The smallest absolute Gasteiger partial charge is 0.261 e. The Kier molecular flexibility index (Phi) is 7.63. The quantitative estimate of drug-likeness (QED) is 0.579. The van der Waals surface area contributed by atoms with Crippen molar-refractivity contribution in [3.63, 3.8) is 0 Å². The van der Waals surface area contributed by atoms with Gasteiger partial charge in [-0.3, -0.25) is 14.4 Å². The van der Waals surface area contributed by atoms with Crippen molar-refractivity contribution in [3.8, 4) is 0 Å². The number of piperidine rings is 1. The average Bonchev–Trinajstić information content (AvgIpc) is 2.86. The highest BCUT2D eigenvalue weighted by Crippen LogP contribution is 2.35. The van der Waals surface area contributed by atoms with Crippen LogP contribution in [0.2, 0.25) is 0 Å². The minimum Gasteiger partial charge on any atom is -0.350 e. The van der Waals surface area contributed by atoms with Gasteiger partial charge in [0.05, 0.1) is 10.6 Å². The van der Waals surface area contributed by atoms with Crippen molar-refractivity contribution >= 4 is 21.6 Å². The number of carbonyl (C=O) groups excluding carboxylic acids is 1. The maximum atomic E-state index is 13.0. The topological polar surface area (TPSA) is 78.5 Å². The van der Waals surface area contributed by atoms with E-state index in [4.69, 9.17) is 0 Å². The van der Waals surface area contributed by atoms with E-state index in [0.29, 0.717) is 17.8 Å². The van der Waals surface area contributed by atoms with E-state index in [-0.39, 0.29) is 16.3 Å². The molecule has 34 heavy (non-hydrogen) atoms. The van der Waals surface area contributed by atoms with Gasteiger partial charge in [0.2, 0.25) is 0 Å². The highest BCUT2D eigenvalue weighted by atomic mass is 32.2. The molecule has 1 saturated carbocycles. The van der Waals surface area contributed by atoms with Gasteiger partial charge in [-0.1, -0.05) is 37.8 Å². The third-order valence-electron chi connectivity index (χ3n) is 7.66. The molecule has 184 valence electrons. The van der Waals surface area contributed by atoms with Crippen LogP contribution in [0.15, 0.2) is 47.4 Å². The van der Waals surface area contributed by atoms with E-state index in [1.165, 1.54) is 50.7 Å². The van der Waals surface area contributed by atoms with E-state index >= 15 is 0 Å². The van der Waals surface area contributed by atoms with Crippen LogP contribution >= 0.6 is 0 Å². The third-order valence-corrected chi connectivity index (χ3v) is 9.05. The molecule has 0 unspecified atom stereocenters. The van der Waals surface area contributed by atoms with E-state index in [2.05, 4.69) is 14.9 Å². The molecule has 7 heteroatoms. The van der Waals surface area contributed by atoms with Crippen molar-refractivity contribution < 1.29 is 13.2 Å². The largest absolute Gasteiger partial charge is 0.350 e. The molecule has 2 aromatic rings. The fourth-order valence-corrected chi connectivity index (χ4v) is 6.50. The van der Waals surface area contributed by atoms with Crippen LogP contribution in [0.3, 0.4) is 0 Å². The van der Waals surface area contributed by atoms with Crippen LogP contribution in [0.1, 0.15) is 72.9 Å². The van der Waals surface area contributed by atoms with Gasteiger partial charge in [-0.2, -0.15) is 0 Å². The average molecular weight is 484 g/mol. The zero-order valence-electron chi connectivity index (χ0n) is 20.4. The van der Waals surface area contributed by atoms with Gasteiger partial charge >= 0.3 is 0 Å². The van der Waals surface area contributed by atoms with Crippen molar-refractivity contribution in [1.29, 1.82) is 0 Å². The number of nitrogens with one attached hydrogen (secondary N) is 2. The van der Waals surface area contributed by atoms with Crippen LogP contribution in [-0.4, -0.2) is 44.4 Å². The maximum absolute atomic E-state index is 13.0. The predicted octanol–water partition coefficient (Wildman–Crippen LogP) is 5.02. The number of hydrogen-bond acceptors (Lipinski definition) is 4. The van der Waals surface area contributed by atoms with Crippen molar-refractivity contribution in [3.05, 3.63) is 59.2 Å². The molecule has 0 aromatic heterocycles. The Morgan fingerprint density at radius 1 is 0.912 bits per heavy atom. The molecule has 4 rings (SSSR count). The van der Waals surface area contributed by atoms with Crippen LogP contribution in [0.5, 0.6) is 0 Å². The fraction of sp³-hybridized carbons (Fsp3) is 0.519. The second kappa shape index (κ2) is 10.5. The van der Waals surface area contributed by atoms with Gasteiger partial charge in [0.15, 0.2) is 0 Å². The lowest BCUT2D eigenvalue weighted by atomic mass is 9.79. The highest BCUT2D eigenvalue weighted by Gasteiger charge is 2.38. The summed E-state index contributed by atoms with van der Waals surface area (Å²) in [7, 11) is -3.74. The molecule has 1 aliphatic heterocycles. The first-order chi connectivity index (χ1) is 16.3. The second-order valence-electron chi connectivity index (χ2n) is 9.89. The van der Waals surface area contributed by atoms with Gasteiger partial charge in [0.1, 0.15) is 0 Å². The van der Waals surface area contributed by atoms with Crippen molar-refractivity contribution in [2.75, 3.05) is 24.4 Å². The molecule has 2 fully saturated rings. The summed E-state index contributed by atoms with van der Waals surface area (Å²) in [6, 6.07) is 11.7. The molecule has 2 aromatic carbocycles. The molecule has 2 N–H and O–H groups in total. The molecule has 1 aliphatic carbocycles. The van der Waals surface area contributed by atoms with Crippen molar-refractivity contribution in [2.45, 2.75) is 75.6 Å². The van der Waals surface area contributed by atoms with Gasteiger partial charge in [-0.25, -0.2) is 8.42 Å². The van der Waals surface area contributed by atoms with Crippen molar-refractivity contribution in [2.24, 2.45) is 0 Å². The molecule has 0 spiro atoms. The normalized spacial score (nSPS) is 18.9. The molecule has 6 nitrogen and oxygen atoms in total. The van der Waals surface area contributed by atoms with Crippen LogP contribution in [0.4, 0.5) is 5.69 Å². The number of carbonyl (C=O) groups is 1. The van der Waals surface area contributed by atoms with E-state index in [1.807, 2.05) is 26.0 Å². The number of amides is 1. The molecule has 1 heterocycles. The molecule has 1 amide bonds. The summed E-state index contributed by atoms with van der Waals surface area (Å²) in [6.45, 7) is 6.73. The van der Waals surface area contributed by atoms with E-state index in [9.17, 15) is 13.2 Å². The monoisotopic (exact) mass is 483 g/mol. The predicted molar refractivity (Wildman–Crippen MR) is 137 cm³/mol. The number of likely N-dealkylation sites (tertiary alicyclic amines) is 1. The Balaban J connectivity index is 1.42. The number of anilines is 1. The number of rotatable bonds is 7. The molecular weight excluding hydrogens is 446 g/mol. The first kappa shape index (κ1) is 24.7. The summed E-state index contributed by atoms with van der Waals surface area (Å²) in [5.41, 5.74) is 3.03. The first-order valence-corrected chi connectivity index (χ1v) is 14.0. The number of hydrogen-bond donors (Lipinski definition) is 2. The molecule has 0 radical (unpaired) electrons. The van der Waals surface area contributed by atoms with E-state index < -0.39 is 10.0 Å². The van der Waals surface area contributed by atoms with Gasteiger partial charge in [-0.05, 0) is 94.1 Å². The molecule has 0 bridgehead atoms. The number of sulfonamides is 1. The van der Waals surface area contributed by atoms with Gasteiger partial charge in [-0.15, -0.1) is 0 Å². The van der Waals surface area contributed by atoms with E-state index in [0.717, 1.165) is 37.1 Å². The van der Waals surface area contributed by atoms with Crippen LogP contribution in [-0.2, 0) is 10.0 Å². The molecule has 1 saturated heterocycles. The summed E-state index contributed by atoms with van der Waals surface area (Å²) in [4.78, 5) is 15.7. The van der Waals surface area contributed by atoms with Crippen LogP contribution in [0.25, 0.3) is 0 Å². The molecular formula is C27H37N3O3S. The number of benzene rings is 2. The summed E-state index contributed by atoms with van der Waals surface area (Å²) >= 11 is 0. The lowest BCUT2D eigenvalue weighted by Gasteiger charge is -2.48. The van der Waals surface area contributed by atoms with Gasteiger partial charge in [0, 0.05) is 17.6 Å². The number of aryl methyl sites for hydroxylation is 1. The summed E-state index contributed by atoms with van der Waals surface area (Å²) in [5.74, 6) is -0.145. The Hall–Kier alpha value is -2.38. The van der Waals surface area contributed by atoms with Gasteiger partial charge < -0.3 is 5.32 Å². The third kappa shape index (κ3) is 5.47. The van der Waals surface area contributed by atoms with E-state index in [1.54, 1.807) is 18.2 Å². The zero-order chi connectivity index (χ0) is 24.2. The standard InChI is InChI=1S/C27H37N3O3S/c1-21-10-9-11-25(22(21)2)29-34(32,33)24-14-12-23(13-15-24)26(31)28-20-27(16-5-3-6-17-27)30-18-7-4-8-19-30/h9-15,29H,3-8,16-20H2,1-2H3,(H,28,31). The lowest BCUT2D eigenvalue weighted by molar-refractivity contribution is 0.0326. The zero-order valence-corrected chi connectivity index (χ0v) is 21.2. The van der Waals surface area contributed by atoms with Gasteiger partial charge in [0.25, 0.3) is 15.9 Å². The first-order valence-electron chi connectivity index (χ1n) is 12.5.